The molecule has 0 aliphatic heterocycles. The Morgan fingerprint density at radius 1 is 1.88 bits per heavy atom. The molecule has 0 saturated heterocycles. The van der Waals surface area contributed by atoms with Crippen molar-refractivity contribution in [2.45, 2.75) is 6.42 Å². The molecule has 0 bridgehead atoms. The summed E-state index contributed by atoms with van der Waals surface area (Å²) in [7, 11) is 0. The molecule has 0 heterocycles. The van der Waals surface area contributed by atoms with Crippen LogP contribution in [0.25, 0.3) is 0 Å². The number of alkyl halides is 1. The number of carboxylic acid groups (broad SMARTS) is 1. The normalized spacial score (nSPS) is 34.6. The fourth-order valence-electron chi connectivity index (χ4n) is 0.721. The van der Waals surface area contributed by atoms with Crippen LogP contribution >= 0.6 is 22.6 Å². The first kappa shape index (κ1) is 6.32. The molecule has 0 aromatic carbocycles. The molecule has 1 aliphatic rings. The largest absolute Gasteiger partial charge is 0.481 e. The van der Waals surface area contributed by atoms with Crippen molar-refractivity contribution in [2.24, 2.45) is 11.8 Å². The smallest absolute Gasteiger partial charge is 0.306 e. The monoisotopic (exact) mass is 226 g/mol. The molecule has 2 nitrogen and oxygen atoms in total. The van der Waals surface area contributed by atoms with E-state index in [1.807, 2.05) is 0 Å². The standard InChI is InChI=1S/C5H7IO2/c6-2-3-1-4(3)5(7)8/h3-4H,1-2H2,(H,7,8)/t3-,4-/m1/s1. The fraction of sp³-hybridized carbons (Fsp3) is 0.800. The summed E-state index contributed by atoms with van der Waals surface area (Å²) in [6, 6.07) is 0. The highest BCUT2D eigenvalue weighted by Crippen LogP contribution is 2.39. The van der Waals surface area contributed by atoms with E-state index in [9.17, 15) is 4.79 Å². The number of carboxylic acids is 1. The molecular formula is C5H7IO2. The third kappa shape index (κ3) is 1.13. The van der Waals surface area contributed by atoms with Crippen molar-refractivity contribution in [3.8, 4) is 0 Å². The van der Waals surface area contributed by atoms with Gasteiger partial charge in [0.2, 0.25) is 0 Å². The first-order valence-electron chi connectivity index (χ1n) is 2.54. The molecular weight excluding hydrogens is 219 g/mol. The van der Waals surface area contributed by atoms with Gasteiger partial charge in [0.05, 0.1) is 5.92 Å². The van der Waals surface area contributed by atoms with E-state index in [-0.39, 0.29) is 5.92 Å². The fourth-order valence-corrected chi connectivity index (χ4v) is 1.69. The number of hydrogen-bond acceptors (Lipinski definition) is 1. The Kier molecular flexibility index (Phi) is 1.74. The second kappa shape index (κ2) is 2.21. The van der Waals surface area contributed by atoms with Crippen molar-refractivity contribution in [1.82, 2.24) is 0 Å². The Labute approximate surface area is 61.4 Å². The number of rotatable bonds is 2. The van der Waals surface area contributed by atoms with Crippen LogP contribution in [-0.4, -0.2) is 15.5 Å². The van der Waals surface area contributed by atoms with E-state index in [1.54, 1.807) is 0 Å². The second-order valence-electron chi connectivity index (χ2n) is 2.09. The summed E-state index contributed by atoms with van der Waals surface area (Å²) in [6.45, 7) is 0. The number of halogens is 1. The first-order valence-corrected chi connectivity index (χ1v) is 4.07. The average molecular weight is 226 g/mol. The van der Waals surface area contributed by atoms with E-state index < -0.39 is 5.97 Å². The quantitative estimate of drug-likeness (QED) is 0.566. The lowest BCUT2D eigenvalue weighted by Crippen LogP contribution is -1.99. The van der Waals surface area contributed by atoms with Gasteiger partial charge in [-0.05, 0) is 12.3 Å². The minimum atomic E-state index is -0.619. The van der Waals surface area contributed by atoms with Crippen LogP contribution in [0.5, 0.6) is 0 Å². The maximum Gasteiger partial charge on any atom is 0.306 e. The van der Waals surface area contributed by atoms with Crippen LogP contribution in [0.3, 0.4) is 0 Å². The van der Waals surface area contributed by atoms with Gasteiger partial charge in [-0.2, -0.15) is 0 Å². The van der Waals surface area contributed by atoms with E-state index in [2.05, 4.69) is 22.6 Å². The lowest BCUT2D eigenvalue weighted by atomic mass is 10.3. The van der Waals surface area contributed by atoms with Crippen LogP contribution in [0, 0.1) is 11.8 Å². The van der Waals surface area contributed by atoms with Gasteiger partial charge < -0.3 is 5.11 Å². The first-order chi connectivity index (χ1) is 3.75. The lowest BCUT2D eigenvalue weighted by Gasteiger charge is -1.83. The molecule has 1 rings (SSSR count). The van der Waals surface area contributed by atoms with E-state index in [0.717, 1.165) is 10.8 Å². The summed E-state index contributed by atoms with van der Waals surface area (Å²) in [5, 5.41) is 8.35. The van der Waals surface area contributed by atoms with Gasteiger partial charge in [0, 0.05) is 4.43 Å². The van der Waals surface area contributed by atoms with Crippen molar-refractivity contribution in [1.29, 1.82) is 0 Å². The Morgan fingerprint density at radius 3 is 2.62 bits per heavy atom. The van der Waals surface area contributed by atoms with Gasteiger partial charge in [-0.3, -0.25) is 4.79 Å². The zero-order valence-electron chi connectivity index (χ0n) is 4.30. The van der Waals surface area contributed by atoms with Gasteiger partial charge in [-0.15, -0.1) is 0 Å². The predicted molar refractivity (Wildman–Crippen MR) is 38.1 cm³/mol. The molecule has 1 fully saturated rings. The third-order valence-electron chi connectivity index (χ3n) is 1.44. The van der Waals surface area contributed by atoms with E-state index in [1.165, 1.54) is 0 Å². The van der Waals surface area contributed by atoms with Gasteiger partial charge in [0.1, 0.15) is 0 Å². The van der Waals surface area contributed by atoms with Crippen LogP contribution in [0.2, 0.25) is 0 Å². The molecule has 1 aliphatic carbocycles. The third-order valence-corrected chi connectivity index (χ3v) is 2.57. The summed E-state index contributed by atoms with van der Waals surface area (Å²) in [6.07, 6.45) is 0.901. The molecule has 0 radical (unpaired) electrons. The Balaban J connectivity index is 2.26. The summed E-state index contributed by atoms with van der Waals surface area (Å²) in [5.74, 6) is -0.147. The minimum absolute atomic E-state index is 0.00750. The predicted octanol–water partition coefficient (Wildman–Crippen LogP) is 1.14. The summed E-state index contributed by atoms with van der Waals surface area (Å²) >= 11 is 2.23. The van der Waals surface area contributed by atoms with E-state index in [0.29, 0.717) is 5.92 Å². The Hall–Kier alpha value is 0.200. The van der Waals surface area contributed by atoms with Gasteiger partial charge in [-0.25, -0.2) is 0 Å². The molecule has 46 valence electrons. The molecule has 0 aromatic rings. The van der Waals surface area contributed by atoms with Crippen molar-refractivity contribution in [2.75, 3.05) is 4.43 Å². The maximum absolute atomic E-state index is 10.1. The highest BCUT2D eigenvalue weighted by Gasteiger charge is 2.41. The SMILES string of the molecule is O=C(O)[C@@H]1C[C@@H]1CI. The summed E-state index contributed by atoms with van der Waals surface area (Å²) < 4.78 is 0.995. The number of carbonyl (C=O) groups is 1. The average Bonchev–Trinajstić information content (AvgIpc) is 2.42. The molecule has 3 heteroatoms. The summed E-state index contributed by atoms with van der Waals surface area (Å²) in [5.41, 5.74) is 0. The van der Waals surface area contributed by atoms with Crippen molar-refractivity contribution >= 4 is 28.6 Å². The van der Waals surface area contributed by atoms with Crippen molar-refractivity contribution in [3.63, 3.8) is 0 Å². The van der Waals surface area contributed by atoms with Crippen molar-refractivity contribution in [3.05, 3.63) is 0 Å². The molecule has 1 N–H and O–H groups in total. The summed E-state index contributed by atoms with van der Waals surface area (Å²) in [4.78, 5) is 10.1. The van der Waals surface area contributed by atoms with Gasteiger partial charge in [0.25, 0.3) is 0 Å². The maximum atomic E-state index is 10.1. The zero-order valence-corrected chi connectivity index (χ0v) is 6.46. The number of hydrogen-bond donors (Lipinski definition) is 1. The van der Waals surface area contributed by atoms with Crippen LogP contribution in [0.1, 0.15) is 6.42 Å². The molecule has 0 spiro atoms. The highest BCUT2D eigenvalue weighted by atomic mass is 127. The van der Waals surface area contributed by atoms with Gasteiger partial charge in [-0.1, -0.05) is 22.6 Å². The second-order valence-corrected chi connectivity index (χ2v) is 2.98. The molecule has 0 amide bonds. The van der Waals surface area contributed by atoms with E-state index in [4.69, 9.17) is 5.11 Å². The van der Waals surface area contributed by atoms with E-state index >= 15 is 0 Å². The molecule has 0 aromatic heterocycles. The van der Waals surface area contributed by atoms with Crippen LogP contribution in [-0.2, 0) is 4.79 Å². The Morgan fingerprint density at radius 2 is 2.50 bits per heavy atom. The highest BCUT2D eigenvalue weighted by molar-refractivity contribution is 14.1. The van der Waals surface area contributed by atoms with Gasteiger partial charge in [0.15, 0.2) is 0 Å². The molecule has 8 heavy (non-hydrogen) atoms. The molecule has 0 unspecified atom stereocenters. The topological polar surface area (TPSA) is 37.3 Å². The Bertz CT molecular complexity index is 113. The van der Waals surface area contributed by atoms with Crippen molar-refractivity contribution < 1.29 is 9.90 Å². The molecule has 2 atom stereocenters. The van der Waals surface area contributed by atoms with Crippen LogP contribution in [0.15, 0.2) is 0 Å². The van der Waals surface area contributed by atoms with Crippen LogP contribution in [0.4, 0.5) is 0 Å². The van der Waals surface area contributed by atoms with Crippen LogP contribution < -0.4 is 0 Å². The minimum Gasteiger partial charge on any atom is -0.481 e. The lowest BCUT2D eigenvalue weighted by molar-refractivity contribution is -0.138. The number of aliphatic carboxylic acids is 1. The van der Waals surface area contributed by atoms with Gasteiger partial charge >= 0.3 is 5.97 Å². The molecule has 1 saturated carbocycles. The zero-order chi connectivity index (χ0) is 6.15.